The lowest BCUT2D eigenvalue weighted by molar-refractivity contribution is -0.128. The summed E-state index contributed by atoms with van der Waals surface area (Å²) in [5, 5.41) is 3.13. The minimum atomic E-state index is -0.310. The fraction of sp³-hybridized carbons (Fsp3) is 0.938. The van der Waals surface area contributed by atoms with Crippen molar-refractivity contribution in [3.05, 3.63) is 0 Å². The van der Waals surface area contributed by atoms with Crippen LogP contribution in [-0.2, 0) is 4.79 Å². The van der Waals surface area contributed by atoms with Crippen LogP contribution in [0, 0.1) is 11.8 Å². The third-order valence-electron chi connectivity index (χ3n) is 5.26. The van der Waals surface area contributed by atoms with Crippen molar-refractivity contribution in [3.8, 4) is 0 Å². The quantitative estimate of drug-likeness (QED) is 0.816. The molecular weight excluding hydrogens is 321 g/mol. The number of carbonyl (C=O) groups excluding carboxylic acids is 1. The number of nitrogens with two attached hydrogens (primary N) is 1. The molecule has 1 aliphatic carbocycles. The van der Waals surface area contributed by atoms with Gasteiger partial charge in [-0.3, -0.25) is 4.79 Å². The molecule has 6 heteroatoms. The Bertz CT molecular complexity index is 331. The van der Waals surface area contributed by atoms with E-state index in [0.29, 0.717) is 0 Å². The lowest BCUT2D eigenvalue weighted by Gasteiger charge is -2.37. The Labute approximate surface area is 147 Å². The lowest BCUT2D eigenvalue weighted by atomic mass is 9.74. The van der Waals surface area contributed by atoms with Gasteiger partial charge in [0.1, 0.15) is 0 Å². The summed E-state index contributed by atoms with van der Waals surface area (Å²) in [5.41, 5.74) is 5.98. The zero-order valence-corrected chi connectivity index (χ0v) is 15.6. The number of hydrogen-bond acceptors (Lipinski definition) is 3. The second-order valence-electron chi connectivity index (χ2n) is 7.13. The molecule has 132 valence electrons. The smallest absolute Gasteiger partial charge is 0.224 e. The van der Waals surface area contributed by atoms with Crippen LogP contribution in [0.4, 0.5) is 0 Å². The third kappa shape index (κ3) is 6.23. The number of rotatable bonds is 4. The number of nitrogens with one attached hydrogen (secondary N) is 1. The van der Waals surface area contributed by atoms with E-state index in [1.165, 1.54) is 25.9 Å². The number of nitrogens with zero attached hydrogens (tertiary/aromatic N) is 1. The molecule has 22 heavy (non-hydrogen) atoms. The number of hydrogen-bond donors (Lipinski definition) is 2. The van der Waals surface area contributed by atoms with Crippen LogP contribution in [0.3, 0.4) is 0 Å². The van der Waals surface area contributed by atoms with E-state index in [2.05, 4.69) is 17.3 Å². The van der Waals surface area contributed by atoms with E-state index in [9.17, 15) is 4.79 Å². The summed E-state index contributed by atoms with van der Waals surface area (Å²) in [4.78, 5) is 14.7. The van der Waals surface area contributed by atoms with Gasteiger partial charge in [-0.05, 0) is 65.1 Å². The van der Waals surface area contributed by atoms with Gasteiger partial charge in [-0.1, -0.05) is 12.8 Å². The molecule has 1 saturated heterocycles. The average molecular weight is 354 g/mol. The largest absolute Gasteiger partial charge is 0.356 e. The highest BCUT2D eigenvalue weighted by atomic mass is 35.5. The Morgan fingerprint density at radius 2 is 1.86 bits per heavy atom. The van der Waals surface area contributed by atoms with Gasteiger partial charge in [0.25, 0.3) is 0 Å². The first kappa shape index (κ1) is 22.0. The molecule has 2 atom stereocenters. The molecule has 1 amide bonds. The van der Waals surface area contributed by atoms with Crippen molar-refractivity contribution in [3.63, 3.8) is 0 Å². The van der Waals surface area contributed by atoms with Crippen LogP contribution in [0.25, 0.3) is 0 Å². The topological polar surface area (TPSA) is 58.4 Å². The maximum atomic E-state index is 12.3. The van der Waals surface area contributed by atoms with Gasteiger partial charge in [-0.15, -0.1) is 24.8 Å². The van der Waals surface area contributed by atoms with Gasteiger partial charge in [-0.2, -0.15) is 0 Å². The van der Waals surface area contributed by atoms with Gasteiger partial charge in [0.15, 0.2) is 0 Å². The number of halogens is 2. The van der Waals surface area contributed by atoms with Gasteiger partial charge in [-0.25, -0.2) is 0 Å². The Morgan fingerprint density at radius 1 is 1.23 bits per heavy atom. The minimum Gasteiger partial charge on any atom is -0.356 e. The SMILES string of the molecule is CN1CCC(CCNC(=O)C2CCCCC2(C)N)CC1.Cl.Cl. The highest BCUT2D eigenvalue weighted by Crippen LogP contribution is 2.31. The third-order valence-corrected chi connectivity index (χ3v) is 5.26. The van der Waals surface area contributed by atoms with Crippen LogP contribution < -0.4 is 11.1 Å². The number of likely N-dealkylation sites (tertiary alicyclic amines) is 1. The predicted molar refractivity (Wildman–Crippen MR) is 96.9 cm³/mol. The van der Waals surface area contributed by atoms with Gasteiger partial charge in [0, 0.05) is 12.1 Å². The van der Waals surface area contributed by atoms with Crippen molar-refractivity contribution in [1.82, 2.24) is 10.2 Å². The molecule has 1 heterocycles. The maximum Gasteiger partial charge on any atom is 0.224 e. The molecule has 0 spiro atoms. The number of amides is 1. The lowest BCUT2D eigenvalue weighted by Crippen LogP contribution is -2.53. The Hall–Kier alpha value is -0.0300. The van der Waals surface area contributed by atoms with Crippen LogP contribution in [0.2, 0.25) is 0 Å². The van der Waals surface area contributed by atoms with Crippen LogP contribution >= 0.6 is 24.8 Å². The zero-order chi connectivity index (χ0) is 14.6. The monoisotopic (exact) mass is 353 g/mol. The van der Waals surface area contributed by atoms with Crippen LogP contribution in [0.1, 0.15) is 51.9 Å². The summed E-state index contributed by atoms with van der Waals surface area (Å²) in [6.07, 6.45) is 7.88. The molecule has 0 aromatic rings. The van der Waals surface area contributed by atoms with Crippen LogP contribution in [-0.4, -0.2) is 43.0 Å². The van der Waals surface area contributed by atoms with E-state index in [1.54, 1.807) is 0 Å². The highest BCUT2D eigenvalue weighted by molar-refractivity contribution is 5.85. The van der Waals surface area contributed by atoms with Crippen LogP contribution in [0.15, 0.2) is 0 Å². The summed E-state index contributed by atoms with van der Waals surface area (Å²) in [5.74, 6) is 0.971. The van der Waals surface area contributed by atoms with E-state index >= 15 is 0 Å². The van der Waals surface area contributed by atoms with Crippen molar-refractivity contribution in [2.75, 3.05) is 26.7 Å². The zero-order valence-electron chi connectivity index (χ0n) is 14.0. The Balaban J connectivity index is 0.00000220. The minimum absolute atomic E-state index is 0. The van der Waals surface area contributed by atoms with Crippen molar-refractivity contribution in [1.29, 1.82) is 0 Å². The molecule has 0 radical (unpaired) electrons. The second kappa shape index (κ2) is 9.96. The van der Waals surface area contributed by atoms with Crippen molar-refractivity contribution in [2.45, 2.75) is 57.4 Å². The molecule has 0 aromatic heterocycles. The van der Waals surface area contributed by atoms with Gasteiger partial charge in [0.2, 0.25) is 5.91 Å². The first-order valence-electron chi connectivity index (χ1n) is 8.24. The standard InChI is InChI=1S/C16H31N3O.2ClH/c1-16(17)9-4-3-5-14(16)15(20)18-10-6-13-7-11-19(2)12-8-13;;/h13-14H,3-12,17H2,1-2H3,(H,18,20);2*1H. The van der Waals surface area contributed by atoms with E-state index in [-0.39, 0.29) is 42.2 Å². The molecule has 4 nitrogen and oxygen atoms in total. The fourth-order valence-corrected chi connectivity index (χ4v) is 3.66. The predicted octanol–water partition coefficient (Wildman–Crippen LogP) is 2.59. The van der Waals surface area contributed by atoms with Gasteiger partial charge in [0.05, 0.1) is 5.92 Å². The molecular formula is C16H33Cl2N3O. The summed E-state index contributed by atoms with van der Waals surface area (Å²) in [6, 6.07) is 0. The first-order valence-corrected chi connectivity index (χ1v) is 8.24. The molecule has 1 aliphatic heterocycles. The second-order valence-corrected chi connectivity index (χ2v) is 7.13. The van der Waals surface area contributed by atoms with E-state index < -0.39 is 0 Å². The van der Waals surface area contributed by atoms with Gasteiger partial charge >= 0.3 is 0 Å². The van der Waals surface area contributed by atoms with E-state index in [0.717, 1.165) is 44.6 Å². The summed E-state index contributed by atoms with van der Waals surface area (Å²) >= 11 is 0. The molecule has 2 rings (SSSR count). The normalized spacial score (nSPS) is 30.0. The summed E-state index contributed by atoms with van der Waals surface area (Å²) < 4.78 is 0. The van der Waals surface area contributed by atoms with Crippen molar-refractivity contribution < 1.29 is 4.79 Å². The van der Waals surface area contributed by atoms with E-state index in [1.807, 2.05) is 6.92 Å². The van der Waals surface area contributed by atoms with E-state index in [4.69, 9.17) is 5.73 Å². The Morgan fingerprint density at radius 3 is 2.45 bits per heavy atom. The van der Waals surface area contributed by atoms with Crippen molar-refractivity contribution >= 4 is 30.7 Å². The van der Waals surface area contributed by atoms with Crippen LogP contribution in [0.5, 0.6) is 0 Å². The average Bonchev–Trinajstić information content (AvgIpc) is 2.40. The highest BCUT2D eigenvalue weighted by Gasteiger charge is 2.37. The molecule has 2 aliphatic rings. The fourth-order valence-electron chi connectivity index (χ4n) is 3.66. The number of carbonyl (C=O) groups is 1. The maximum absolute atomic E-state index is 12.3. The molecule has 0 aromatic carbocycles. The Kier molecular flexibility index (Phi) is 9.95. The molecule has 2 unspecified atom stereocenters. The molecule has 0 bridgehead atoms. The summed E-state index contributed by atoms with van der Waals surface area (Å²) in [7, 11) is 2.18. The molecule has 3 N–H and O–H groups in total. The molecule has 1 saturated carbocycles. The molecule has 2 fully saturated rings. The van der Waals surface area contributed by atoms with Gasteiger partial charge < -0.3 is 16.0 Å². The van der Waals surface area contributed by atoms with Crippen molar-refractivity contribution in [2.24, 2.45) is 17.6 Å². The summed E-state index contributed by atoms with van der Waals surface area (Å²) in [6.45, 7) is 5.25. The first-order chi connectivity index (χ1) is 9.49. The number of piperidine rings is 1.